The fourth-order valence-corrected chi connectivity index (χ4v) is 3.58. The lowest BCUT2D eigenvalue weighted by molar-refractivity contribution is -0.122. The van der Waals surface area contributed by atoms with Crippen LogP contribution in [0.1, 0.15) is 45.6 Å². The molecule has 2 atom stereocenters. The Morgan fingerprint density at radius 2 is 2.04 bits per heavy atom. The van der Waals surface area contributed by atoms with Gasteiger partial charge in [-0.3, -0.25) is 14.4 Å². The van der Waals surface area contributed by atoms with Gasteiger partial charge in [-0.05, 0) is 24.1 Å². The van der Waals surface area contributed by atoms with E-state index >= 15 is 0 Å². The molecule has 7 heteroatoms. The first kappa shape index (κ1) is 20.2. The monoisotopic (exact) mass is 375 g/mol. The molecule has 0 spiro atoms. The minimum atomic E-state index is -0.188. The molecular formula is C19H25N3O3S. The van der Waals surface area contributed by atoms with Gasteiger partial charge in [-0.2, -0.15) is 5.10 Å². The van der Waals surface area contributed by atoms with Crippen molar-refractivity contribution in [1.82, 2.24) is 5.43 Å². The number of nitrogens with zero attached hydrogens (tertiary/aromatic N) is 1. The molecule has 1 aromatic rings. The van der Waals surface area contributed by atoms with E-state index in [4.69, 9.17) is 0 Å². The number of hydrogen-bond acceptors (Lipinski definition) is 5. The van der Waals surface area contributed by atoms with Crippen LogP contribution in [0.4, 0.5) is 5.69 Å². The van der Waals surface area contributed by atoms with Crippen LogP contribution in [0.15, 0.2) is 29.4 Å². The number of amides is 2. The van der Waals surface area contributed by atoms with Gasteiger partial charge in [-0.1, -0.05) is 44.2 Å². The Bertz CT molecular complexity index is 700. The van der Waals surface area contributed by atoms with E-state index in [0.29, 0.717) is 17.9 Å². The van der Waals surface area contributed by atoms with Gasteiger partial charge in [0, 0.05) is 36.6 Å². The third-order valence-electron chi connectivity index (χ3n) is 4.20. The van der Waals surface area contributed by atoms with Gasteiger partial charge in [-0.15, -0.1) is 0 Å². The molecule has 2 unspecified atom stereocenters. The SMILES string of the molecule is CCCC(CSC(C)=O)C(=O)Nc1ccc(C2=NNC(=O)CC2C)cc1. The average Bonchev–Trinajstić information content (AvgIpc) is 2.59. The number of nitrogens with one attached hydrogen (secondary N) is 2. The average molecular weight is 375 g/mol. The van der Waals surface area contributed by atoms with Crippen LogP contribution in [-0.2, 0) is 14.4 Å². The van der Waals surface area contributed by atoms with Crippen LogP contribution in [0.2, 0.25) is 0 Å². The summed E-state index contributed by atoms with van der Waals surface area (Å²) in [6.07, 6.45) is 2.06. The lowest BCUT2D eigenvalue weighted by Crippen LogP contribution is -2.31. The van der Waals surface area contributed by atoms with Crippen LogP contribution in [-0.4, -0.2) is 28.4 Å². The van der Waals surface area contributed by atoms with E-state index in [0.717, 1.165) is 24.1 Å². The maximum Gasteiger partial charge on any atom is 0.240 e. The molecule has 6 nitrogen and oxygen atoms in total. The Balaban J connectivity index is 2.02. The zero-order valence-corrected chi connectivity index (χ0v) is 16.2. The molecule has 0 radical (unpaired) electrons. The van der Waals surface area contributed by atoms with Crippen molar-refractivity contribution in [3.63, 3.8) is 0 Å². The second-order valence-corrected chi connectivity index (χ2v) is 7.69. The highest BCUT2D eigenvalue weighted by Gasteiger charge is 2.22. The van der Waals surface area contributed by atoms with Crippen molar-refractivity contribution < 1.29 is 14.4 Å². The highest BCUT2D eigenvalue weighted by Crippen LogP contribution is 2.20. The van der Waals surface area contributed by atoms with E-state index in [1.807, 2.05) is 38.1 Å². The van der Waals surface area contributed by atoms with Crippen LogP contribution in [0.5, 0.6) is 0 Å². The van der Waals surface area contributed by atoms with E-state index in [9.17, 15) is 14.4 Å². The van der Waals surface area contributed by atoms with E-state index in [-0.39, 0.29) is 28.8 Å². The Morgan fingerprint density at radius 3 is 2.62 bits per heavy atom. The van der Waals surface area contributed by atoms with Gasteiger partial charge < -0.3 is 5.32 Å². The summed E-state index contributed by atoms with van der Waals surface area (Å²) in [5, 5.41) is 7.09. The van der Waals surface area contributed by atoms with E-state index in [2.05, 4.69) is 15.8 Å². The summed E-state index contributed by atoms with van der Waals surface area (Å²) < 4.78 is 0. The zero-order valence-electron chi connectivity index (χ0n) is 15.4. The second-order valence-electron chi connectivity index (χ2n) is 6.49. The molecule has 0 saturated heterocycles. The third-order valence-corrected chi connectivity index (χ3v) is 5.18. The van der Waals surface area contributed by atoms with Crippen molar-refractivity contribution in [2.45, 2.75) is 40.0 Å². The first-order chi connectivity index (χ1) is 12.4. The molecule has 1 aromatic carbocycles. The lowest BCUT2D eigenvalue weighted by atomic mass is 9.94. The second kappa shape index (κ2) is 9.52. The molecule has 0 saturated carbocycles. The molecule has 0 bridgehead atoms. The van der Waals surface area contributed by atoms with Crippen molar-refractivity contribution in [3.8, 4) is 0 Å². The summed E-state index contributed by atoms with van der Waals surface area (Å²) in [5.41, 5.74) is 4.98. The van der Waals surface area contributed by atoms with Crippen LogP contribution in [0.25, 0.3) is 0 Å². The fourth-order valence-electron chi connectivity index (χ4n) is 2.83. The molecule has 0 aliphatic carbocycles. The van der Waals surface area contributed by atoms with Gasteiger partial charge >= 0.3 is 0 Å². The van der Waals surface area contributed by atoms with Gasteiger partial charge in [0.15, 0.2) is 5.12 Å². The molecule has 2 N–H and O–H groups in total. The van der Waals surface area contributed by atoms with Crippen molar-refractivity contribution in [2.75, 3.05) is 11.1 Å². The summed E-state index contributed by atoms with van der Waals surface area (Å²) >= 11 is 1.19. The van der Waals surface area contributed by atoms with Crippen molar-refractivity contribution >= 4 is 40.1 Å². The van der Waals surface area contributed by atoms with Gasteiger partial charge in [0.25, 0.3) is 0 Å². The number of anilines is 1. The molecule has 1 aliphatic heterocycles. The third kappa shape index (κ3) is 5.69. The maximum absolute atomic E-state index is 12.5. The van der Waals surface area contributed by atoms with Crippen molar-refractivity contribution in [3.05, 3.63) is 29.8 Å². The molecule has 1 heterocycles. The molecule has 140 valence electrons. The normalized spacial score (nSPS) is 17.9. The van der Waals surface area contributed by atoms with Crippen LogP contribution >= 0.6 is 11.8 Å². The minimum Gasteiger partial charge on any atom is -0.326 e. The van der Waals surface area contributed by atoms with E-state index in [1.165, 1.54) is 18.7 Å². The first-order valence-electron chi connectivity index (χ1n) is 8.81. The summed E-state index contributed by atoms with van der Waals surface area (Å²) in [7, 11) is 0. The van der Waals surface area contributed by atoms with Crippen LogP contribution < -0.4 is 10.7 Å². The number of hydrogen-bond donors (Lipinski definition) is 2. The molecule has 2 amide bonds. The first-order valence-corrected chi connectivity index (χ1v) is 9.80. The minimum absolute atomic E-state index is 0.0257. The smallest absolute Gasteiger partial charge is 0.240 e. The topological polar surface area (TPSA) is 87.6 Å². The number of rotatable bonds is 7. The number of thioether (sulfide) groups is 1. The summed E-state index contributed by atoms with van der Waals surface area (Å²) in [6, 6.07) is 7.45. The lowest BCUT2D eigenvalue weighted by Gasteiger charge is -2.19. The molecule has 2 rings (SSSR count). The molecule has 26 heavy (non-hydrogen) atoms. The fraction of sp³-hybridized carbons (Fsp3) is 0.474. The van der Waals surface area contributed by atoms with Gasteiger partial charge in [0.2, 0.25) is 11.8 Å². The predicted molar refractivity (Wildman–Crippen MR) is 105 cm³/mol. The number of hydrazone groups is 1. The highest BCUT2D eigenvalue weighted by molar-refractivity contribution is 8.13. The van der Waals surface area contributed by atoms with Gasteiger partial charge in [0.1, 0.15) is 0 Å². The predicted octanol–water partition coefficient (Wildman–Crippen LogP) is 3.18. The van der Waals surface area contributed by atoms with Crippen molar-refractivity contribution in [1.29, 1.82) is 0 Å². The molecule has 0 fully saturated rings. The van der Waals surface area contributed by atoms with E-state index < -0.39 is 0 Å². The Morgan fingerprint density at radius 1 is 1.35 bits per heavy atom. The molecular weight excluding hydrogens is 350 g/mol. The Hall–Kier alpha value is -2.15. The summed E-state index contributed by atoms with van der Waals surface area (Å²) in [4.78, 5) is 35.0. The number of carbonyl (C=O) groups excluding carboxylic acids is 3. The number of benzene rings is 1. The van der Waals surface area contributed by atoms with Gasteiger partial charge in [-0.25, -0.2) is 5.43 Å². The van der Waals surface area contributed by atoms with Crippen LogP contribution in [0.3, 0.4) is 0 Å². The quantitative estimate of drug-likeness (QED) is 0.766. The Kier molecular flexibility index (Phi) is 7.38. The molecule has 0 aromatic heterocycles. The van der Waals surface area contributed by atoms with Crippen LogP contribution in [0, 0.1) is 11.8 Å². The maximum atomic E-state index is 12.5. The Labute approximate surface area is 158 Å². The highest BCUT2D eigenvalue weighted by atomic mass is 32.2. The molecule has 1 aliphatic rings. The largest absolute Gasteiger partial charge is 0.326 e. The zero-order chi connectivity index (χ0) is 19.1. The van der Waals surface area contributed by atoms with Crippen molar-refractivity contribution in [2.24, 2.45) is 16.9 Å². The summed E-state index contributed by atoms with van der Waals surface area (Å²) in [5.74, 6) is 0.231. The number of carbonyl (C=O) groups is 3. The summed E-state index contributed by atoms with van der Waals surface area (Å²) in [6.45, 7) is 5.51. The van der Waals surface area contributed by atoms with Gasteiger partial charge in [0.05, 0.1) is 5.71 Å². The standard InChI is InChI=1S/C19H25N3O3S/c1-4-5-15(11-26-13(3)23)19(25)20-16-8-6-14(7-9-16)18-12(2)10-17(24)21-22-18/h6-9,12,15H,4-5,10-11H2,1-3H3,(H,20,25)(H,21,24). The van der Waals surface area contributed by atoms with E-state index in [1.54, 1.807) is 0 Å².